The van der Waals surface area contributed by atoms with Crippen molar-refractivity contribution in [3.05, 3.63) is 23.8 Å². The van der Waals surface area contributed by atoms with Crippen LogP contribution in [0.25, 0.3) is 0 Å². The molecule has 2 fully saturated rings. The first-order valence-corrected chi connectivity index (χ1v) is 9.70. The molecule has 0 aromatic heterocycles. The molecule has 0 saturated carbocycles. The van der Waals surface area contributed by atoms with Crippen LogP contribution in [-0.2, 0) is 16.1 Å². The Morgan fingerprint density at radius 1 is 1.11 bits per heavy atom. The molecule has 3 rings (SSSR count). The van der Waals surface area contributed by atoms with E-state index in [0.29, 0.717) is 31.1 Å². The number of benzene rings is 1. The van der Waals surface area contributed by atoms with Gasteiger partial charge >= 0.3 is 0 Å². The number of likely N-dealkylation sites (N-methyl/N-ethyl adjacent to an activating group) is 1. The quantitative estimate of drug-likeness (QED) is 0.746. The van der Waals surface area contributed by atoms with Crippen LogP contribution in [0.1, 0.15) is 12.0 Å². The van der Waals surface area contributed by atoms with Gasteiger partial charge in [0, 0.05) is 45.8 Å². The third-order valence-electron chi connectivity index (χ3n) is 5.50. The maximum absolute atomic E-state index is 12.8. The first-order chi connectivity index (χ1) is 13.5. The van der Waals surface area contributed by atoms with Crippen molar-refractivity contribution in [2.75, 3.05) is 60.5 Å². The van der Waals surface area contributed by atoms with Crippen molar-refractivity contribution in [2.24, 2.45) is 0 Å². The average Bonchev–Trinajstić information content (AvgIpc) is 2.70. The lowest BCUT2D eigenvalue weighted by Crippen LogP contribution is -2.57. The zero-order valence-corrected chi connectivity index (χ0v) is 16.9. The highest BCUT2D eigenvalue weighted by Gasteiger charge is 2.33. The second-order valence-electron chi connectivity index (χ2n) is 7.35. The third kappa shape index (κ3) is 4.74. The van der Waals surface area contributed by atoms with Gasteiger partial charge in [0.1, 0.15) is 0 Å². The first-order valence-electron chi connectivity index (χ1n) is 9.70. The number of carbonyl (C=O) groups excluding carboxylic acids is 2. The van der Waals surface area contributed by atoms with E-state index in [2.05, 4.69) is 22.2 Å². The Balaban J connectivity index is 1.68. The van der Waals surface area contributed by atoms with Gasteiger partial charge in [0.2, 0.25) is 11.8 Å². The Labute approximate surface area is 166 Å². The molecule has 8 nitrogen and oxygen atoms in total. The smallest absolute Gasteiger partial charge is 0.237 e. The summed E-state index contributed by atoms with van der Waals surface area (Å²) >= 11 is 0. The van der Waals surface area contributed by atoms with E-state index < -0.39 is 6.04 Å². The molecule has 2 aliphatic rings. The summed E-state index contributed by atoms with van der Waals surface area (Å²) in [5.41, 5.74) is 1.02. The number of piperazine rings is 2. The Morgan fingerprint density at radius 3 is 2.50 bits per heavy atom. The van der Waals surface area contributed by atoms with Gasteiger partial charge in [0.05, 0.1) is 26.7 Å². The van der Waals surface area contributed by atoms with E-state index in [0.717, 1.165) is 31.7 Å². The van der Waals surface area contributed by atoms with Gasteiger partial charge in [-0.2, -0.15) is 0 Å². The van der Waals surface area contributed by atoms with Crippen LogP contribution in [-0.4, -0.2) is 93.1 Å². The van der Waals surface area contributed by atoms with Crippen LogP contribution < -0.4 is 14.8 Å². The summed E-state index contributed by atoms with van der Waals surface area (Å²) in [6, 6.07) is 5.30. The molecule has 1 atom stereocenters. The number of carbonyl (C=O) groups is 2. The SMILES string of the molecule is COc1ccc(CN2CCNC(=O)C2CC(=O)N2CCN(C)CC2)cc1OC. The summed E-state index contributed by atoms with van der Waals surface area (Å²) < 4.78 is 10.7. The van der Waals surface area contributed by atoms with Crippen LogP contribution >= 0.6 is 0 Å². The van der Waals surface area contributed by atoms with Crippen molar-refractivity contribution in [3.63, 3.8) is 0 Å². The molecule has 2 saturated heterocycles. The number of nitrogens with zero attached hydrogens (tertiary/aromatic N) is 3. The van der Waals surface area contributed by atoms with E-state index in [4.69, 9.17) is 9.47 Å². The summed E-state index contributed by atoms with van der Waals surface area (Å²) in [6.07, 6.45) is 0.211. The van der Waals surface area contributed by atoms with Gasteiger partial charge in [0.15, 0.2) is 11.5 Å². The van der Waals surface area contributed by atoms with Crippen LogP contribution in [0.3, 0.4) is 0 Å². The molecule has 8 heteroatoms. The lowest BCUT2D eigenvalue weighted by molar-refractivity contribution is -0.140. The summed E-state index contributed by atoms with van der Waals surface area (Å²) in [4.78, 5) is 31.4. The molecule has 0 bridgehead atoms. The molecule has 28 heavy (non-hydrogen) atoms. The molecule has 2 amide bonds. The van der Waals surface area contributed by atoms with Gasteiger partial charge in [-0.3, -0.25) is 14.5 Å². The molecule has 1 N–H and O–H groups in total. The molecule has 1 aromatic rings. The molecule has 2 heterocycles. The third-order valence-corrected chi connectivity index (χ3v) is 5.50. The number of amides is 2. The Bertz CT molecular complexity index is 703. The molecule has 0 radical (unpaired) electrons. The summed E-state index contributed by atoms with van der Waals surface area (Å²) in [5, 5.41) is 2.90. The van der Waals surface area contributed by atoms with Crippen LogP contribution in [0, 0.1) is 0 Å². The van der Waals surface area contributed by atoms with Crippen LogP contribution in [0.4, 0.5) is 0 Å². The minimum atomic E-state index is -0.450. The van der Waals surface area contributed by atoms with Crippen LogP contribution in [0.15, 0.2) is 18.2 Å². The van der Waals surface area contributed by atoms with Crippen molar-refractivity contribution in [3.8, 4) is 11.5 Å². The van der Waals surface area contributed by atoms with Crippen LogP contribution in [0.5, 0.6) is 11.5 Å². The normalized spacial score (nSPS) is 21.3. The molecule has 0 aliphatic carbocycles. The Kier molecular flexibility index (Phi) is 6.74. The number of hydrogen-bond donors (Lipinski definition) is 1. The molecular formula is C20H30N4O4. The van der Waals surface area contributed by atoms with Gasteiger partial charge in [-0.25, -0.2) is 0 Å². The standard InChI is InChI=1S/C20H30N4O4/c1-22-8-10-23(11-9-22)19(25)13-16-20(26)21-6-7-24(16)14-15-4-5-17(27-2)18(12-15)28-3/h4-5,12,16H,6-11,13-14H2,1-3H3,(H,21,26). The van der Waals surface area contributed by atoms with E-state index in [1.54, 1.807) is 14.2 Å². The first kappa shape index (κ1) is 20.4. The van der Waals surface area contributed by atoms with Gasteiger partial charge < -0.3 is 24.6 Å². The number of ether oxygens (including phenoxy) is 2. The second kappa shape index (κ2) is 9.25. The monoisotopic (exact) mass is 390 g/mol. The van der Waals surface area contributed by atoms with Gasteiger partial charge in [-0.1, -0.05) is 6.07 Å². The molecular weight excluding hydrogens is 360 g/mol. The maximum Gasteiger partial charge on any atom is 0.237 e. The predicted octanol–water partition coefficient (Wildman–Crippen LogP) is 0.168. The maximum atomic E-state index is 12.8. The topological polar surface area (TPSA) is 74.4 Å². The molecule has 154 valence electrons. The van der Waals surface area contributed by atoms with Crippen molar-refractivity contribution < 1.29 is 19.1 Å². The van der Waals surface area contributed by atoms with Crippen LogP contribution in [0.2, 0.25) is 0 Å². The fourth-order valence-corrected chi connectivity index (χ4v) is 3.74. The molecule has 1 unspecified atom stereocenters. The number of rotatable bonds is 6. The summed E-state index contributed by atoms with van der Waals surface area (Å²) in [5.74, 6) is 1.30. The summed E-state index contributed by atoms with van der Waals surface area (Å²) in [7, 11) is 5.27. The van der Waals surface area contributed by atoms with E-state index in [1.807, 2.05) is 23.1 Å². The molecule has 0 spiro atoms. The van der Waals surface area contributed by atoms with E-state index in [9.17, 15) is 9.59 Å². The zero-order valence-electron chi connectivity index (χ0n) is 16.9. The Hall–Kier alpha value is -2.32. The molecule has 2 aliphatic heterocycles. The van der Waals surface area contributed by atoms with Gasteiger partial charge in [-0.05, 0) is 24.7 Å². The van der Waals surface area contributed by atoms with Crippen molar-refractivity contribution in [1.29, 1.82) is 0 Å². The minimum absolute atomic E-state index is 0.0486. The average molecular weight is 390 g/mol. The lowest BCUT2D eigenvalue weighted by Gasteiger charge is -2.37. The molecule has 1 aromatic carbocycles. The van der Waals surface area contributed by atoms with Crippen molar-refractivity contribution in [1.82, 2.24) is 20.0 Å². The Morgan fingerprint density at radius 2 is 1.82 bits per heavy atom. The number of methoxy groups -OCH3 is 2. The highest BCUT2D eigenvalue weighted by atomic mass is 16.5. The van der Waals surface area contributed by atoms with Gasteiger partial charge in [-0.15, -0.1) is 0 Å². The van der Waals surface area contributed by atoms with Gasteiger partial charge in [0.25, 0.3) is 0 Å². The zero-order chi connectivity index (χ0) is 20.1. The summed E-state index contributed by atoms with van der Waals surface area (Å²) in [6.45, 7) is 5.06. The van der Waals surface area contributed by atoms with E-state index in [-0.39, 0.29) is 18.2 Å². The lowest BCUT2D eigenvalue weighted by atomic mass is 10.1. The minimum Gasteiger partial charge on any atom is -0.493 e. The predicted molar refractivity (Wildman–Crippen MR) is 105 cm³/mol. The fraction of sp³-hybridized carbons (Fsp3) is 0.600. The van der Waals surface area contributed by atoms with E-state index >= 15 is 0 Å². The fourth-order valence-electron chi connectivity index (χ4n) is 3.74. The number of hydrogen-bond acceptors (Lipinski definition) is 6. The highest BCUT2D eigenvalue weighted by molar-refractivity contribution is 5.88. The largest absolute Gasteiger partial charge is 0.493 e. The number of nitrogens with one attached hydrogen (secondary N) is 1. The second-order valence-corrected chi connectivity index (χ2v) is 7.35. The van der Waals surface area contributed by atoms with Crippen molar-refractivity contribution >= 4 is 11.8 Å². The van der Waals surface area contributed by atoms with Crippen molar-refractivity contribution in [2.45, 2.75) is 19.0 Å². The highest BCUT2D eigenvalue weighted by Crippen LogP contribution is 2.28. The van der Waals surface area contributed by atoms with E-state index in [1.165, 1.54) is 0 Å².